The minimum Gasteiger partial charge on any atom is -0.497 e. The molecule has 3 heteroatoms. The van der Waals surface area contributed by atoms with E-state index in [1.165, 1.54) is 36.9 Å². The molecule has 2 bridgehead atoms. The van der Waals surface area contributed by atoms with Gasteiger partial charge in [0.25, 0.3) is 0 Å². The van der Waals surface area contributed by atoms with Crippen LogP contribution in [0.4, 0.5) is 0 Å². The molecule has 4 atom stereocenters. The van der Waals surface area contributed by atoms with Crippen LogP contribution in [-0.4, -0.2) is 36.9 Å². The maximum Gasteiger partial charge on any atom is 0.136 e. The van der Waals surface area contributed by atoms with Crippen molar-refractivity contribution in [1.82, 2.24) is 4.90 Å². The fraction of sp³-hybridized carbons (Fsp3) is 0.696. The predicted molar refractivity (Wildman–Crippen MR) is 103 cm³/mol. The van der Waals surface area contributed by atoms with E-state index >= 15 is 0 Å². The van der Waals surface area contributed by atoms with Gasteiger partial charge in [0.1, 0.15) is 11.5 Å². The average Bonchev–Trinajstić information content (AvgIpc) is 2.60. The molecule has 4 aliphatic rings. The van der Waals surface area contributed by atoms with Crippen LogP contribution in [-0.2, 0) is 16.6 Å². The Hall–Kier alpha value is -1.35. The van der Waals surface area contributed by atoms with Crippen LogP contribution in [0.1, 0.15) is 56.6 Å². The molecular weight excluding hydrogens is 322 g/mol. The van der Waals surface area contributed by atoms with Crippen molar-refractivity contribution in [2.45, 2.75) is 63.3 Å². The van der Waals surface area contributed by atoms with Gasteiger partial charge in [0.05, 0.1) is 7.11 Å². The molecule has 5 rings (SSSR count). The molecule has 3 aliphatic carbocycles. The van der Waals surface area contributed by atoms with Gasteiger partial charge < -0.3 is 4.74 Å². The highest BCUT2D eigenvalue weighted by atomic mass is 16.5. The van der Waals surface area contributed by atoms with E-state index in [0.717, 1.165) is 43.9 Å². The van der Waals surface area contributed by atoms with E-state index in [0.29, 0.717) is 17.7 Å². The van der Waals surface area contributed by atoms with E-state index in [2.05, 4.69) is 30.0 Å². The number of hydrogen-bond donors (Lipinski definition) is 0. The van der Waals surface area contributed by atoms with Gasteiger partial charge in [-0.05, 0) is 73.7 Å². The van der Waals surface area contributed by atoms with E-state index in [-0.39, 0.29) is 11.3 Å². The van der Waals surface area contributed by atoms with E-state index in [4.69, 9.17) is 4.74 Å². The average molecular weight is 354 g/mol. The van der Waals surface area contributed by atoms with Crippen molar-refractivity contribution in [3.63, 3.8) is 0 Å². The van der Waals surface area contributed by atoms with Gasteiger partial charge in [0.15, 0.2) is 0 Å². The molecule has 3 fully saturated rings. The van der Waals surface area contributed by atoms with Crippen LogP contribution in [0.5, 0.6) is 5.75 Å². The minimum absolute atomic E-state index is 0.0620. The van der Waals surface area contributed by atoms with Crippen LogP contribution in [0.2, 0.25) is 0 Å². The van der Waals surface area contributed by atoms with Crippen LogP contribution in [0.25, 0.3) is 0 Å². The Morgan fingerprint density at radius 3 is 2.88 bits per heavy atom. The first-order chi connectivity index (χ1) is 12.6. The van der Waals surface area contributed by atoms with Crippen molar-refractivity contribution in [3.8, 4) is 5.75 Å². The van der Waals surface area contributed by atoms with Crippen molar-refractivity contribution >= 4 is 5.78 Å². The van der Waals surface area contributed by atoms with Gasteiger partial charge in [-0.15, -0.1) is 0 Å². The lowest BCUT2D eigenvalue weighted by Crippen LogP contribution is -2.63. The molecule has 0 spiro atoms. The number of carbonyl (C=O) groups is 1. The quantitative estimate of drug-likeness (QED) is 0.823. The zero-order chi connectivity index (χ0) is 17.9. The summed E-state index contributed by atoms with van der Waals surface area (Å²) in [5.41, 5.74) is 2.96. The number of likely N-dealkylation sites (tertiary alicyclic amines) is 1. The summed E-state index contributed by atoms with van der Waals surface area (Å²) in [5.74, 6) is 3.19. The fourth-order valence-electron chi connectivity index (χ4n) is 6.40. The summed E-state index contributed by atoms with van der Waals surface area (Å²) in [6, 6.07) is 7.26. The number of fused-ring (bicyclic) bond motifs is 1. The van der Waals surface area contributed by atoms with Gasteiger partial charge in [0, 0.05) is 30.3 Å². The van der Waals surface area contributed by atoms with Gasteiger partial charge in [-0.3, -0.25) is 9.69 Å². The van der Waals surface area contributed by atoms with Gasteiger partial charge >= 0.3 is 0 Å². The zero-order valence-corrected chi connectivity index (χ0v) is 16.2. The monoisotopic (exact) mass is 353 g/mol. The molecular formula is C23H31NO2. The molecule has 1 aromatic carbocycles. The molecule has 1 saturated heterocycles. The first kappa shape index (κ1) is 16.8. The van der Waals surface area contributed by atoms with Crippen LogP contribution in [0.15, 0.2) is 18.2 Å². The third kappa shape index (κ3) is 2.39. The minimum atomic E-state index is 0.0620. The maximum absolute atomic E-state index is 12.8. The molecule has 0 aromatic heterocycles. The Balaban J connectivity index is 1.56. The molecule has 3 nitrogen and oxygen atoms in total. The van der Waals surface area contributed by atoms with Crippen LogP contribution < -0.4 is 4.74 Å². The first-order valence-electron chi connectivity index (χ1n) is 10.5. The summed E-state index contributed by atoms with van der Waals surface area (Å²) in [4.78, 5) is 15.6. The lowest BCUT2D eigenvalue weighted by molar-refractivity contribution is -0.132. The number of hydrogen-bond acceptors (Lipinski definition) is 3. The Labute approximate surface area is 157 Å². The molecule has 140 valence electrons. The summed E-state index contributed by atoms with van der Waals surface area (Å²) in [7, 11) is 1.75. The fourth-order valence-corrected chi connectivity index (χ4v) is 6.40. The number of benzene rings is 1. The zero-order valence-electron chi connectivity index (χ0n) is 16.2. The second-order valence-electron chi connectivity index (χ2n) is 9.38. The molecule has 2 unspecified atom stereocenters. The number of piperidine rings is 1. The highest BCUT2D eigenvalue weighted by Gasteiger charge is 2.57. The molecule has 2 saturated carbocycles. The molecule has 0 N–H and O–H groups in total. The summed E-state index contributed by atoms with van der Waals surface area (Å²) in [6.45, 7) is 4.60. The number of Topliss-reactive ketones (excluding diaryl/α,β-unsaturated/α-hetero) is 1. The van der Waals surface area contributed by atoms with Gasteiger partial charge in [-0.2, -0.15) is 0 Å². The third-order valence-corrected chi connectivity index (χ3v) is 8.14. The van der Waals surface area contributed by atoms with Crippen LogP contribution in [0.3, 0.4) is 0 Å². The van der Waals surface area contributed by atoms with Crippen LogP contribution >= 0.6 is 0 Å². The lowest BCUT2D eigenvalue weighted by Gasteiger charge is -2.60. The first-order valence-corrected chi connectivity index (χ1v) is 10.5. The molecule has 0 radical (unpaired) electrons. The molecule has 1 aromatic rings. The van der Waals surface area contributed by atoms with Gasteiger partial charge in [0.2, 0.25) is 0 Å². The molecule has 26 heavy (non-hydrogen) atoms. The summed E-state index contributed by atoms with van der Waals surface area (Å²) in [6.07, 6.45) is 8.36. The molecule has 1 aliphatic heterocycles. The standard InChI is InChI=1S/C23H31NO2/c1-15-10-20-21-11-17-6-7-18(26-2)12-19(17)23(20,13-22(15)25)8-9-24(21)14-16-4-3-5-16/h6-7,12,15-16,20-21H,3-5,8-11,13-14H2,1-2H3/t15-,20-,21?,23?/m1/s1. The lowest BCUT2D eigenvalue weighted by atomic mass is 9.50. The summed E-state index contributed by atoms with van der Waals surface area (Å²) >= 11 is 0. The van der Waals surface area contributed by atoms with E-state index in [9.17, 15) is 4.79 Å². The Kier molecular flexibility index (Phi) is 3.93. The summed E-state index contributed by atoms with van der Waals surface area (Å²) < 4.78 is 5.54. The Morgan fingerprint density at radius 2 is 2.15 bits per heavy atom. The number of methoxy groups -OCH3 is 1. The number of ketones is 1. The normalized spacial score (nSPS) is 36.8. The van der Waals surface area contributed by atoms with Crippen molar-refractivity contribution in [1.29, 1.82) is 0 Å². The van der Waals surface area contributed by atoms with Crippen molar-refractivity contribution < 1.29 is 9.53 Å². The van der Waals surface area contributed by atoms with Gasteiger partial charge in [-0.1, -0.05) is 19.4 Å². The highest BCUT2D eigenvalue weighted by molar-refractivity contribution is 5.83. The predicted octanol–water partition coefficient (Wildman–Crippen LogP) is 3.98. The SMILES string of the molecule is COc1ccc2c(c1)C13CCN(CC4CCC4)C(C2)[C@H]1C[C@@H](C)C(=O)C3. The smallest absolute Gasteiger partial charge is 0.136 e. The Morgan fingerprint density at radius 1 is 1.31 bits per heavy atom. The number of carbonyl (C=O) groups excluding carboxylic acids is 1. The third-order valence-electron chi connectivity index (χ3n) is 8.14. The molecule has 1 heterocycles. The van der Waals surface area contributed by atoms with Crippen molar-refractivity contribution in [2.75, 3.05) is 20.2 Å². The Bertz CT molecular complexity index is 725. The maximum atomic E-state index is 12.8. The highest BCUT2D eigenvalue weighted by Crippen LogP contribution is 2.56. The topological polar surface area (TPSA) is 29.5 Å². The van der Waals surface area contributed by atoms with E-state index in [1.54, 1.807) is 7.11 Å². The van der Waals surface area contributed by atoms with Crippen molar-refractivity contribution in [2.24, 2.45) is 17.8 Å². The second-order valence-corrected chi connectivity index (χ2v) is 9.38. The number of nitrogens with zero attached hydrogens (tertiary/aromatic N) is 1. The number of rotatable bonds is 3. The number of ether oxygens (including phenoxy) is 1. The van der Waals surface area contributed by atoms with E-state index < -0.39 is 0 Å². The largest absolute Gasteiger partial charge is 0.497 e. The second kappa shape index (κ2) is 6.09. The molecule has 0 amide bonds. The van der Waals surface area contributed by atoms with E-state index in [1.807, 2.05) is 0 Å². The summed E-state index contributed by atoms with van der Waals surface area (Å²) in [5, 5.41) is 0. The van der Waals surface area contributed by atoms with Gasteiger partial charge in [-0.25, -0.2) is 0 Å². The van der Waals surface area contributed by atoms with Crippen LogP contribution in [0, 0.1) is 17.8 Å². The van der Waals surface area contributed by atoms with Crippen molar-refractivity contribution in [3.05, 3.63) is 29.3 Å².